The number of carbonyl (C=O) groups is 2. The molecule has 1 saturated heterocycles. The number of esters is 1. The van der Waals surface area contributed by atoms with Gasteiger partial charge in [-0.2, -0.15) is 0 Å². The second-order valence-electron chi connectivity index (χ2n) is 5.32. The standard InChI is InChI=1S/C12H20BrNO3/c1-12(2,3)17-11(16)9-4-6-14(7-5-9)10(15)8-13/h9H,4-8H2,1-3H3. The Hall–Kier alpha value is -0.580. The first-order valence-electron chi connectivity index (χ1n) is 5.90. The molecule has 1 rings (SSSR count). The minimum atomic E-state index is -0.431. The van der Waals surface area contributed by atoms with Crippen molar-refractivity contribution < 1.29 is 14.3 Å². The van der Waals surface area contributed by atoms with Gasteiger partial charge in [0.25, 0.3) is 0 Å². The molecule has 0 saturated carbocycles. The van der Waals surface area contributed by atoms with Crippen molar-refractivity contribution in [1.82, 2.24) is 4.90 Å². The van der Waals surface area contributed by atoms with Crippen molar-refractivity contribution in [1.29, 1.82) is 0 Å². The lowest BCUT2D eigenvalue weighted by molar-refractivity contribution is -0.162. The lowest BCUT2D eigenvalue weighted by Gasteiger charge is -2.32. The molecular weight excluding hydrogens is 286 g/mol. The third-order valence-corrected chi connectivity index (χ3v) is 3.18. The van der Waals surface area contributed by atoms with Gasteiger partial charge in [0.15, 0.2) is 0 Å². The van der Waals surface area contributed by atoms with Crippen molar-refractivity contribution in [3.05, 3.63) is 0 Å². The van der Waals surface area contributed by atoms with Crippen LogP contribution in [0.1, 0.15) is 33.6 Å². The summed E-state index contributed by atoms with van der Waals surface area (Å²) in [6, 6.07) is 0. The van der Waals surface area contributed by atoms with E-state index in [1.807, 2.05) is 20.8 Å². The van der Waals surface area contributed by atoms with E-state index in [2.05, 4.69) is 15.9 Å². The van der Waals surface area contributed by atoms with Gasteiger partial charge >= 0.3 is 5.97 Å². The van der Waals surface area contributed by atoms with Crippen LogP contribution in [0.4, 0.5) is 0 Å². The summed E-state index contributed by atoms with van der Waals surface area (Å²) >= 11 is 3.15. The van der Waals surface area contributed by atoms with E-state index in [4.69, 9.17) is 4.74 Å². The Kier molecular flexibility index (Phi) is 4.98. The van der Waals surface area contributed by atoms with Crippen molar-refractivity contribution in [2.45, 2.75) is 39.2 Å². The van der Waals surface area contributed by atoms with Gasteiger partial charge in [-0.3, -0.25) is 9.59 Å². The van der Waals surface area contributed by atoms with Crippen molar-refractivity contribution in [2.75, 3.05) is 18.4 Å². The highest BCUT2D eigenvalue weighted by Gasteiger charge is 2.30. The van der Waals surface area contributed by atoms with Crippen LogP contribution < -0.4 is 0 Å². The van der Waals surface area contributed by atoms with Crippen LogP contribution in [-0.2, 0) is 14.3 Å². The predicted octanol–water partition coefficient (Wildman–Crippen LogP) is 1.96. The molecule has 1 fully saturated rings. The maximum Gasteiger partial charge on any atom is 0.309 e. The molecule has 0 spiro atoms. The molecule has 0 N–H and O–H groups in total. The van der Waals surface area contributed by atoms with Crippen LogP contribution in [0.15, 0.2) is 0 Å². The lowest BCUT2D eigenvalue weighted by Crippen LogP contribution is -2.42. The topological polar surface area (TPSA) is 46.6 Å². The van der Waals surface area contributed by atoms with Crippen LogP contribution in [0.25, 0.3) is 0 Å². The highest BCUT2D eigenvalue weighted by molar-refractivity contribution is 9.09. The number of alkyl halides is 1. The Morgan fingerprint density at radius 1 is 1.29 bits per heavy atom. The fraction of sp³-hybridized carbons (Fsp3) is 0.833. The van der Waals surface area contributed by atoms with E-state index in [1.165, 1.54) is 0 Å². The third kappa shape index (κ3) is 4.66. The molecule has 0 aromatic heterocycles. The second-order valence-corrected chi connectivity index (χ2v) is 5.88. The molecule has 1 aliphatic heterocycles. The fourth-order valence-corrected chi connectivity index (χ4v) is 2.19. The molecule has 0 bridgehead atoms. The first-order chi connectivity index (χ1) is 7.83. The van der Waals surface area contributed by atoms with Crippen molar-refractivity contribution in [3.8, 4) is 0 Å². The molecule has 0 aromatic rings. The molecule has 0 aliphatic carbocycles. The van der Waals surface area contributed by atoms with E-state index < -0.39 is 5.60 Å². The first-order valence-corrected chi connectivity index (χ1v) is 7.02. The van der Waals surface area contributed by atoms with Gasteiger partial charge in [-0.05, 0) is 33.6 Å². The Bertz CT molecular complexity index is 291. The van der Waals surface area contributed by atoms with Crippen LogP contribution in [0.3, 0.4) is 0 Å². The molecule has 5 heteroatoms. The monoisotopic (exact) mass is 305 g/mol. The number of amides is 1. The quantitative estimate of drug-likeness (QED) is 0.579. The number of ether oxygens (including phenoxy) is 1. The van der Waals surface area contributed by atoms with Gasteiger partial charge in [0.1, 0.15) is 5.60 Å². The van der Waals surface area contributed by atoms with Crippen LogP contribution in [-0.4, -0.2) is 40.8 Å². The maximum atomic E-state index is 11.8. The average molecular weight is 306 g/mol. The number of hydrogen-bond donors (Lipinski definition) is 0. The Balaban J connectivity index is 2.42. The number of likely N-dealkylation sites (tertiary alicyclic amines) is 1. The third-order valence-electron chi connectivity index (χ3n) is 2.70. The molecule has 98 valence electrons. The normalized spacial score (nSPS) is 18.0. The van der Waals surface area contributed by atoms with E-state index in [0.717, 1.165) is 0 Å². The number of carbonyl (C=O) groups excluding carboxylic acids is 2. The summed E-state index contributed by atoms with van der Waals surface area (Å²) in [4.78, 5) is 25.0. The Morgan fingerprint density at radius 3 is 2.24 bits per heavy atom. The van der Waals surface area contributed by atoms with E-state index >= 15 is 0 Å². The summed E-state index contributed by atoms with van der Waals surface area (Å²) in [5, 5.41) is 0.351. The molecule has 17 heavy (non-hydrogen) atoms. The van der Waals surface area contributed by atoms with Crippen LogP contribution >= 0.6 is 15.9 Å². The zero-order chi connectivity index (χ0) is 13.1. The first kappa shape index (κ1) is 14.5. The zero-order valence-electron chi connectivity index (χ0n) is 10.7. The van der Waals surface area contributed by atoms with Crippen molar-refractivity contribution in [3.63, 3.8) is 0 Å². The zero-order valence-corrected chi connectivity index (χ0v) is 12.2. The van der Waals surface area contributed by atoms with Gasteiger partial charge < -0.3 is 9.64 Å². The van der Waals surface area contributed by atoms with E-state index in [1.54, 1.807) is 4.90 Å². The summed E-state index contributed by atoms with van der Waals surface area (Å²) in [5.41, 5.74) is -0.431. The molecule has 1 amide bonds. The second kappa shape index (κ2) is 5.85. The van der Waals surface area contributed by atoms with Crippen LogP contribution in [0.2, 0.25) is 0 Å². The van der Waals surface area contributed by atoms with Crippen LogP contribution in [0, 0.1) is 5.92 Å². The van der Waals surface area contributed by atoms with Gasteiger partial charge in [0.2, 0.25) is 5.91 Å². The maximum absolute atomic E-state index is 11.8. The minimum absolute atomic E-state index is 0.0615. The van der Waals surface area contributed by atoms with Crippen molar-refractivity contribution in [2.24, 2.45) is 5.92 Å². The average Bonchev–Trinajstić information content (AvgIpc) is 2.26. The molecule has 1 aliphatic rings. The van der Waals surface area contributed by atoms with E-state index in [-0.39, 0.29) is 17.8 Å². The Morgan fingerprint density at radius 2 is 1.82 bits per heavy atom. The van der Waals surface area contributed by atoms with Gasteiger partial charge in [-0.15, -0.1) is 0 Å². The van der Waals surface area contributed by atoms with E-state index in [0.29, 0.717) is 31.3 Å². The molecule has 0 radical (unpaired) electrons. The van der Waals surface area contributed by atoms with Crippen molar-refractivity contribution >= 4 is 27.8 Å². The smallest absolute Gasteiger partial charge is 0.309 e. The minimum Gasteiger partial charge on any atom is -0.460 e. The van der Waals surface area contributed by atoms with Gasteiger partial charge in [0, 0.05) is 13.1 Å². The van der Waals surface area contributed by atoms with E-state index in [9.17, 15) is 9.59 Å². The molecule has 0 unspecified atom stereocenters. The number of hydrogen-bond acceptors (Lipinski definition) is 3. The van der Waals surface area contributed by atoms with Gasteiger partial charge in [-0.25, -0.2) is 0 Å². The molecule has 0 aromatic carbocycles. The van der Waals surface area contributed by atoms with Crippen LogP contribution in [0.5, 0.6) is 0 Å². The van der Waals surface area contributed by atoms with Gasteiger partial charge in [-0.1, -0.05) is 15.9 Å². The molecule has 0 atom stereocenters. The summed E-state index contributed by atoms with van der Waals surface area (Å²) < 4.78 is 5.35. The number of rotatable bonds is 2. The highest BCUT2D eigenvalue weighted by atomic mass is 79.9. The number of piperidine rings is 1. The predicted molar refractivity (Wildman–Crippen MR) is 68.9 cm³/mol. The largest absolute Gasteiger partial charge is 0.460 e. The molecular formula is C12H20BrNO3. The number of halogens is 1. The molecule has 4 nitrogen and oxygen atoms in total. The summed E-state index contributed by atoms with van der Waals surface area (Å²) in [6.45, 7) is 6.90. The Labute approximate surface area is 111 Å². The number of nitrogens with zero attached hydrogens (tertiary/aromatic N) is 1. The van der Waals surface area contributed by atoms with Gasteiger partial charge in [0.05, 0.1) is 11.2 Å². The fourth-order valence-electron chi connectivity index (χ4n) is 1.83. The summed E-state index contributed by atoms with van der Waals surface area (Å²) in [7, 11) is 0. The molecule has 1 heterocycles. The SMILES string of the molecule is CC(C)(C)OC(=O)C1CCN(C(=O)CBr)CC1. The summed E-state index contributed by atoms with van der Waals surface area (Å²) in [6.07, 6.45) is 1.40. The highest BCUT2D eigenvalue weighted by Crippen LogP contribution is 2.21. The summed E-state index contributed by atoms with van der Waals surface area (Å²) in [5.74, 6) is -0.107. The lowest BCUT2D eigenvalue weighted by atomic mass is 9.96.